The number of rotatable bonds is 4. The molecule has 3 atom stereocenters. The van der Waals surface area contributed by atoms with Crippen molar-refractivity contribution in [2.45, 2.75) is 50.0 Å². The number of methoxy groups -OCH3 is 1. The molecule has 0 aliphatic heterocycles. The number of allylic oxidation sites excluding steroid dienone is 1. The van der Waals surface area contributed by atoms with E-state index in [4.69, 9.17) is 4.74 Å². The Balaban J connectivity index is 1.71. The zero-order valence-corrected chi connectivity index (χ0v) is 16.9. The number of ether oxygens (including phenoxy) is 1. The average Bonchev–Trinajstić information content (AvgIpc) is 3.44. The Bertz CT molecular complexity index is 1110. The summed E-state index contributed by atoms with van der Waals surface area (Å²) in [5.41, 5.74) is 0.923. The molecule has 8 heteroatoms. The van der Waals surface area contributed by atoms with Gasteiger partial charge in [-0.1, -0.05) is 0 Å². The van der Waals surface area contributed by atoms with Crippen molar-refractivity contribution in [3.63, 3.8) is 0 Å². The SMILES string of the molecule is COC1c2[nH]c(=O)[nH]c(=O)c2C(C2CC2)=C(F)C1c1cc2c(s1)CCCC2CO. The minimum atomic E-state index is -0.782. The molecule has 0 spiro atoms. The van der Waals surface area contributed by atoms with Crippen LogP contribution in [0.3, 0.4) is 0 Å². The van der Waals surface area contributed by atoms with Crippen LogP contribution in [0.4, 0.5) is 4.39 Å². The predicted molar refractivity (Wildman–Crippen MR) is 108 cm³/mol. The number of fused-ring (bicyclic) bond motifs is 2. The van der Waals surface area contributed by atoms with E-state index in [1.54, 1.807) is 11.3 Å². The first-order chi connectivity index (χ1) is 14.0. The van der Waals surface area contributed by atoms with E-state index in [0.29, 0.717) is 11.3 Å². The maximum absolute atomic E-state index is 15.9. The predicted octanol–water partition coefficient (Wildman–Crippen LogP) is 3.11. The van der Waals surface area contributed by atoms with Gasteiger partial charge in [0.2, 0.25) is 0 Å². The van der Waals surface area contributed by atoms with Crippen molar-refractivity contribution >= 4 is 16.9 Å². The van der Waals surface area contributed by atoms with E-state index in [-0.39, 0.29) is 29.8 Å². The number of aliphatic hydroxyl groups is 1. The van der Waals surface area contributed by atoms with Gasteiger partial charge in [-0.05, 0) is 49.7 Å². The van der Waals surface area contributed by atoms with Crippen LogP contribution in [0.5, 0.6) is 0 Å². The van der Waals surface area contributed by atoms with E-state index in [1.165, 1.54) is 12.0 Å². The zero-order chi connectivity index (χ0) is 20.3. The van der Waals surface area contributed by atoms with Gasteiger partial charge in [0.05, 0.1) is 17.2 Å². The van der Waals surface area contributed by atoms with Crippen LogP contribution >= 0.6 is 11.3 Å². The van der Waals surface area contributed by atoms with Crippen LogP contribution in [0.1, 0.15) is 70.2 Å². The molecule has 2 heterocycles. The third-order valence-corrected chi connectivity index (χ3v) is 7.68. The van der Waals surface area contributed by atoms with Crippen molar-refractivity contribution in [3.8, 4) is 0 Å². The Hall–Kier alpha value is -2.03. The Morgan fingerprint density at radius 2 is 2.07 bits per heavy atom. The van der Waals surface area contributed by atoms with Gasteiger partial charge in [0.25, 0.3) is 5.56 Å². The fourth-order valence-electron chi connectivity index (χ4n) is 4.88. The van der Waals surface area contributed by atoms with E-state index in [9.17, 15) is 14.7 Å². The summed E-state index contributed by atoms with van der Waals surface area (Å²) in [6.07, 6.45) is 3.74. The molecule has 3 aliphatic rings. The second kappa shape index (κ2) is 7.04. The number of nitrogens with one attached hydrogen (secondary N) is 2. The number of thiophene rings is 1. The lowest BCUT2D eigenvalue weighted by molar-refractivity contribution is 0.0767. The fraction of sp³-hybridized carbons (Fsp3) is 0.524. The molecule has 3 aliphatic carbocycles. The maximum atomic E-state index is 15.9. The molecule has 2 aromatic heterocycles. The third-order valence-electron chi connectivity index (χ3n) is 6.38. The minimum absolute atomic E-state index is 0.000773. The monoisotopic (exact) mass is 418 g/mol. The van der Waals surface area contributed by atoms with Crippen molar-refractivity contribution in [3.05, 3.63) is 59.3 Å². The van der Waals surface area contributed by atoms with E-state index in [1.807, 2.05) is 6.07 Å². The van der Waals surface area contributed by atoms with E-state index in [2.05, 4.69) is 9.97 Å². The first kappa shape index (κ1) is 19.0. The van der Waals surface area contributed by atoms with Gasteiger partial charge in [0.15, 0.2) is 0 Å². The topological polar surface area (TPSA) is 95.2 Å². The molecule has 0 radical (unpaired) electrons. The van der Waals surface area contributed by atoms with Crippen LogP contribution in [0, 0.1) is 5.92 Å². The molecule has 0 bridgehead atoms. The number of aromatic nitrogens is 2. The molecule has 0 aromatic carbocycles. The van der Waals surface area contributed by atoms with Crippen LogP contribution in [0.25, 0.3) is 5.57 Å². The normalized spacial score (nSPS) is 26.4. The van der Waals surface area contributed by atoms with Crippen LogP contribution in [-0.2, 0) is 11.2 Å². The molecule has 5 rings (SSSR count). The number of halogens is 1. The first-order valence-electron chi connectivity index (χ1n) is 10.1. The van der Waals surface area contributed by atoms with Crippen molar-refractivity contribution in [1.29, 1.82) is 0 Å². The maximum Gasteiger partial charge on any atom is 0.326 e. The third kappa shape index (κ3) is 2.96. The minimum Gasteiger partial charge on any atom is -0.396 e. The molecule has 29 heavy (non-hydrogen) atoms. The van der Waals surface area contributed by atoms with E-state index < -0.39 is 23.3 Å². The first-order valence-corrected chi connectivity index (χ1v) is 10.9. The Kier molecular flexibility index (Phi) is 4.60. The van der Waals surface area contributed by atoms with Crippen molar-refractivity contribution in [1.82, 2.24) is 9.97 Å². The van der Waals surface area contributed by atoms with Gasteiger partial charge in [-0.3, -0.25) is 9.78 Å². The Morgan fingerprint density at radius 3 is 2.76 bits per heavy atom. The quantitative estimate of drug-likeness (QED) is 0.711. The second-order valence-electron chi connectivity index (χ2n) is 8.17. The summed E-state index contributed by atoms with van der Waals surface area (Å²) in [6, 6.07) is 2.00. The molecule has 6 nitrogen and oxygen atoms in total. The second-order valence-corrected chi connectivity index (χ2v) is 9.33. The smallest absolute Gasteiger partial charge is 0.326 e. The molecule has 3 unspecified atom stereocenters. The van der Waals surface area contributed by atoms with Crippen LogP contribution in [0.15, 0.2) is 21.5 Å². The van der Waals surface area contributed by atoms with Crippen molar-refractivity contribution < 1.29 is 14.2 Å². The van der Waals surface area contributed by atoms with Gasteiger partial charge in [-0.2, -0.15) is 0 Å². The van der Waals surface area contributed by atoms with Crippen LogP contribution in [-0.4, -0.2) is 28.8 Å². The van der Waals surface area contributed by atoms with E-state index >= 15 is 4.39 Å². The van der Waals surface area contributed by atoms with Crippen molar-refractivity contribution in [2.75, 3.05) is 13.7 Å². The van der Waals surface area contributed by atoms with Gasteiger partial charge in [-0.15, -0.1) is 11.3 Å². The van der Waals surface area contributed by atoms with Crippen LogP contribution < -0.4 is 11.2 Å². The highest BCUT2D eigenvalue weighted by Gasteiger charge is 2.45. The molecular formula is C21H23FN2O4S. The average molecular weight is 418 g/mol. The van der Waals surface area contributed by atoms with Gasteiger partial charge in [0, 0.05) is 35.0 Å². The molecule has 3 N–H and O–H groups in total. The molecule has 2 aromatic rings. The van der Waals surface area contributed by atoms with Crippen LogP contribution in [0.2, 0.25) is 0 Å². The molecule has 0 saturated heterocycles. The fourth-order valence-corrected chi connectivity index (χ4v) is 6.30. The summed E-state index contributed by atoms with van der Waals surface area (Å²) in [7, 11) is 1.47. The lowest BCUT2D eigenvalue weighted by Crippen LogP contribution is -2.34. The summed E-state index contributed by atoms with van der Waals surface area (Å²) >= 11 is 1.56. The zero-order valence-electron chi connectivity index (χ0n) is 16.1. The van der Waals surface area contributed by atoms with Gasteiger partial charge < -0.3 is 14.8 Å². The highest BCUT2D eigenvalue weighted by molar-refractivity contribution is 7.12. The number of H-pyrrole nitrogens is 2. The Labute approximate surface area is 170 Å². The number of hydrogen-bond donors (Lipinski definition) is 3. The summed E-state index contributed by atoms with van der Waals surface area (Å²) < 4.78 is 21.6. The number of aromatic amines is 2. The molecular weight excluding hydrogens is 395 g/mol. The number of aryl methyl sites for hydroxylation is 1. The lowest BCUT2D eigenvalue weighted by atomic mass is 9.81. The van der Waals surface area contributed by atoms with E-state index in [0.717, 1.165) is 42.5 Å². The summed E-state index contributed by atoms with van der Waals surface area (Å²) in [5.74, 6) is -0.946. The van der Waals surface area contributed by atoms with Gasteiger partial charge in [-0.25, -0.2) is 9.18 Å². The molecule has 1 saturated carbocycles. The lowest BCUT2D eigenvalue weighted by Gasteiger charge is -2.31. The van der Waals surface area contributed by atoms with Gasteiger partial charge in [0.1, 0.15) is 11.9 Å². The molecule has 0 amide bonds. The largest absolute Gasteiger partial charge is 0.396 e. The van der Waals surface area contributed by atoms with Crippen molar-refractivity contribution in [2.24, 2.45) is 5.92 Å². The summed E-state index contributed by atoms with van der Waals surface area (Å²) in [5, 5.41) is 9.74. The Morgan fingerprint density at radius 1 is 1.28 bits per heavy atom. The number of aliphatic hydroxyl groups excluding tert-OH is 1. The highest BCUT2D eigenvalue weighted by atomic mass is 32.1. The highest BCUT2D eigenvalue weighted by Crippen LogP contribution is 2.55. The summed E-state index contributed by atoms with van der Waals surface area (Å²) in [6.45, 7) is 0.0821. The van der Waals surface area contributed by atoms with Gasteiger partial charge >= 0.3 is 5.69 Å². The number of hydrogen-bond acceptors (Lipinski definition) is 5. The standard InChI is InChI=1S/C21H23FN2O4S/c1-28-19-15(13-7-11-10(8-25)3-2-4-12(11)29-13)17(22)14(9-5-6-9)16-18(19)23-21(27)24-20(16)26/h7,9-10,15,19,25H,2-6,8H2,1H3,(H2,23,24,26,27). The molecule has 1 fully saturated rings. The molecule has 154 valence electrons. The summed E-state index contributed by atoms with van der Waals surface area (Å²) in [4.78, 5) is 31.5.